The minimum Gasteiger partial charge on any atom is -0.305 e. The second kappa shape index (κ2) is 4.80. The second-order valence-corrected chi connectivity index (χ2v) is 1.00. The Morgan fingerprint density at radius 1 is 1.67 bits per heavy atom. The first-order valence-electron chi connectivity index (χ1n) is 1.14. The molecule has 0 aliphatic rings. The maximum Gasteiger partial charge on any atom is 0.146 e. The Morgan fingerprint density at radius 3 is 2.50 bits per heavy atom. The van der Waals surface area contributed by atoms with Crippen LogP contribution in [0.3, 0.4) is 0 Å². The lowest BCUT2D eigenvalue weighted by molar-refractivity contribution is 1.10. The fourth-order valence-electron chi connectivity index (χ4n) is 0.0493. The van der Waals surface area contributed by atoms with Gasteiger partial charge in [0.2, 0.25) is 0 Å². The third-order valence-electron chi connectivity index (χ3n) is 0.162. The Kier molecular flexibility index (Phi) is 4.64. The van der Waals surface area contributed by atoms with Crippen molar-refractivity contribution in [1.29, 1.82) is 0 Å². The van der Waals surface area contributed by atoms with E-state index in [1.165, 1.54) is 6.34 Å². The topological polar surface area (TPSA) is 63.1 Å². The Hall–Kier alpha value is -0.200. The lowest BCUT2D eigenvalue weighted by Crippen LogP contribution is -1.72. The predicted molar refractivity (Wildman–Crippen MR) is 31.6 cm³/mol. The van der Waals surface area contributed by atoms with Crippen molar-refractivity contribution >= 4 is 29.2 Å². The molecule has 0 unspecified atom stereocenters. The average Bonchev–Trinajstić information content (AvgIpc) is 1.61. The lowest BCUT2D eigenvalue weighted by Gasteiger charge is -1.62. The molecule has 0 rings (SSSR count). The van der Waals surface area contributed by atoms with Crippen molar-refractivity contribution in [3.8, 4) is 0 Å². The molecule has 0 atom stereocenters. The Labute approximate surface area is 49.0 Å². The largest absolute Gasteiger partial charge is 0.305 e. The minimum atomic E-state index is 1.25. The maximum absolute atomic E-state index is 4.58. The summed E-state index contributed by atoms with van der Waals surface area (Å²) in [5.74, 6) is 4.58. The van der Waals surface area contributed by atoms with E-state index in [1.54, 1.807) is 22.9 Å². The van der Waals surface area contributed by atoms with Gasteiger partial charge in [-0.15, -0.1) is 5.11 Å². The third kappa shape index (κ3) is 3.80. The van der Waals surface area contributed by atoms with Crippen molar-refractivity contribution in [2.45, 2.75) is 0 Å². The van der Waals surface area contributed by atoms with Crippen molar-refractivity contribution in [2.24, 2.45) is 19.4 Å². The quantitative estimate of drug-likeness (QED) is 0.165. The van der Waals surface area contributed by atoms with E-state index in [9.17, 15) is 0 Å². The van der Waals surface area contributed by atoms with E-state index >= 15 is 0 Å². The second-order valence-electron chi connectivity index (χ2n) is 0.444. The van der Waals surface area contributed by atoms with Crippen LogP contribution in [0.25, 0.3) is 0 Å². The van der Waals surface area contributed by atoms with Gasteiger partial charge in [-0.1, -0.05) is 5.22 Å². The SMILES string of the molecule is NN=NC=NI. The van der Waals surface area contributed by atoms with Crippen LogP contribution in [0.4, 0.5) is 0 Å². The van der Waals surface area contributed by atoms with Gasteiger partial charge in [-0.2, -0.15) is 0 Å². The third-order valence-corrected chi connectivity index (χ3v) is 0.411. The van der Waals surface area contributed by atoms with E-state index in [4.69, 9.17) is 0 Å². The molecule has 0 aliphatic heterocycles. The van der Waals surface area contributed by atoms with Crippen molar-refractivity contribution in [3.63, 3.8) is 0 Å². The van der Waals surface area contributed by atoms with Gasteiger partial charge in [0.15, 0.2) is 0 Å². The molecule has 0 saturated heterocycles. The van der Waals surface area contributed by atoms with E-state index in [0.29, 0.717) is 0 Å². The molecule has 0 amide bonds. The van der Waals surface area contributed by atoms with E-state index in [-0.39, 0.29) is 0 Å². The highest BCUT2D eigenvalue weighted by atomic mass is 127. The van der Waals surface area contributed by atoms with Gasteiger partial charge in [0.1, 0.15) is 6.34 Å². The van der Waals surface area contributed by atoms with Crippen molar-refractivity contribution in [2.75, 3.05) is 0 Å². The molecular weight excluding hydrogens is 195 g/mol. The number of rotatable bonds is 1. The van der Waals surface area contributed by atoms with Gasteiger partial charge in [0, 0.05) is 0 Å². The zero-order valence-electron chi connectivity index (χ0n) is 2.87. The molecule has 0 aromatic rings. The van der Waals surface area contributed by atoms with Crippen LogP contribution in [0.2, 0.25) is 0 Å². The van der Waals surface area contributed by atoms with Crippen molar-refractivity contribution in [3.05, 3.63) is 0 Å². The molecule has 0 aliphatic carbocycles. The number of nitrogens with two attached hydrogens (primary N) is 1. The molecule has 0 spiro atoms. The zero-order chi connectivity index (χ0) is 4.83. The molecule has 34 valence electrons. The summed E-state index contributed by atoms with van der Waals surface area (Å²) >= 11 is 1.77. The van der Waals surface area contributed by atoms with Crippen LogP contribution >= 0.6 is 22.9 Å². The lowest BCUT2D eigenvalue weighted by atomic mass is 11.4. The number of nitrogens with zero attached hydrogens (tertiary/aromatic N) is 3. The summed E-state index contributed by atoms with van der Waals surface area (Å²) in [5.41, 5.74) is 0. The average molecular weight is 198 g/mol. The highest BCUT2D eigenvalue weighted by molar-refractivity contribution is 14.1. The zero-order valence-corrected chi connectivity index (χ0v) is 5.03. The van der Waals surface area contributed by atoms with Gasteiger partial charge < -0.3 is 5.84 Å². The normalized spacial score (nSPS) is 11.5. The molecule has 0 fully saturated rings. The summed E-state index contributed by atoms with van der Waals surface area (Å²) in [5, 5.41) is 6.09. The summed E-state index contributed by atoms with van der Waals surface area (Å²) < 4.78 is 3.43. The molecule has 0 bridgehead atoms. The Balaban J connectivity index is 3.07. The van der Waals surface area contributed by atoms with E-state index < -0.39 is 0 Å². The summed E-state index contributed by atoms with van der Waals surface area (Å²) in [4.78, 5) is 0. The number of hydrogen-bond donors (Lipinski definition) is 1. The predicted octanol–water partition coefficient (Wildman–Crippen LogP) is 0.691. The van der Waals surface area contributed by atoms with Gasteiger partial charge in [-0.3, -0.25) is 0 Å². The monoisotopic (exact) mass is 198 g/mol. The highest BCUT2D eigenvalue weighted by Gasteiger charge is 1.51. The van der Waals surface area contributed by atoms with E-state index in [1.807, 2.05) is 0 Å². The fourth-order valence-corrected chi connectivity index (χ4v) is 0.161. The first kappa shape index (κ1) is 5.80. The highest BCUT2D eigenvalue weighted by Crippen LogP contribution is 1.76. The molecule has 2 N–H and O–H groups in total. The number of hydrogen-bond acceptors (Lipinski definition) is 2. The molecule has 0 aromatic heterocycles. The van der Waals surface area contributed by atoms with Gasteiger partial charge in [-0.25, -0.2) is 3.21 Å². The Morgan fingerprint density at radius 2 is 2.33 bits per heavy atom. The van der Waals surface area contributed by atoms with Gasteiger partial charge in [-0.05, 0) is 0 Å². The molecule has 5 heteroatoms. The van der Waals surface area contributed by atoms with Gasteiger partial charge in [0.05, 0.1) is 22.9 Å². The van der Waals surface area contributed by atoms with Gasteiger partial charge >= 0.3 is 0 Å². The molecule has 0 heterocycles. The molecular formula is CH3IN4. The van der Waals surface area contributed by atoms with E-state index in [2.05, 4.69) is 19.4 Å². The van der Waals surface area contributed by atoms with Crippen molar-refractivity contribution < 1.29 is 0 Å². The molecule has 6 heavy (non-hydrogen) atoms. The summed E-state index contributed by atoms with van der Waals surface area (Å²) in [7, 11) is 0. The summed E-state index contributed by atoms with van der Waals surface area (Å²) in [6.07, 6.45) is 1.25. The van der Waals surface area contributed by atoms with Crippen LogP contribution in [0.5, 0.6) is 0 Å². The number of halogens is 1. The van der Waals surface area contributed by atoms with E-state index in [0.717, 1.165) is 0 Å². The van der Waals surface area contributed by atoms with Crippen molar-refractivity contribution in [1.82, 2.24) is 0 Å². The molecule has 0 saturated carbocycles. The first-order chi connectivity index (χ1) is 2.91. The van der Waals surface area contributed by atoms with Gasteiger partial charge in [0.25, 0.3) is 0 Å². The van der Waals surface area contributed by atoms with Crippen LogP contribution in [0.15, 0.2) is 13.5 Å². The smallest absolute Gasteiger partial charge is 0.146 e. The standard InChI is InChI=1S/CH3IN4/c2-4-1-5-6-3/h1H,(H2,3,4,5). The van der Waals surface area contributed by atoms with Crippen LogP contribution in [-0.4, -0.2) is 6.34 Å². The molecule has 4 nitrogen and oxygen atoms in total. The Bertz CT molecular complexity index is 55.9. The van der Waals surface area contributed by atoms with Crippen LogP contribution in [0, 0.1) is 0 Å². The van der Waals surface area contributed by atoms with Crippen LogP contribution in [0.1, 0.15) is 0 Å². The first-order valence-corrected chi connectivity index (χ1v) is 2.11. The summed E-state index contributed by atoms with van der Waals surface area (Å²) in [6.45, 7) is 0. The fraction of sp³-hybridized carbons (Fsp3) is 0. The minimum absolute atomic E-state index is 1.25. The van der Waals surface area contributed by atoms with Crippen LogP contribution < -0.4 is 5.84 Å². The molecule has 0 radical (unpaired) electrons. The molecule has 0 aromatic carbocycles. The summed E-state index contributed by atoms with van der Waals surface area (Å²) in [6, 6.07) is 0. The maximum atomic E-state index is 4.58. The van der Waals surface area contributed by atoms with Crippen LogP contribution in [-0.2, 0) is 0 Å².